The van der Waals surface area contributed by atoms with Crippen LogP contribution in [0.15, 0.2) is 79.1 Å². The maximum Gasteiger partial charge on any atom is 0.220 e. The number of amides is 1. The number of benzene rings is 2. The van der Waals surface area contributed by atoms with Crippen molar-refractivity contribution in [1.29, 1.82) is 0 Å². The molecule has 1 aromatic heterocycles. The summed E-state index contributed by atoms with van der Waals surface area (Å²) in [7, 11) is 0. The Morgan fingerprint density at radius 3 is 2.56 bits per heavy atom. The standard InChI is InChI=1S/C22H22N2O/c1-17(24-22(25)13-12-18-7-3-2-4-8-18)19-9-5-10-20(15-19)21-11-6-14-23-16-21/h2-11,14-17H,12-13H2,1H3,(H,24,25)/t17-/m0/s1. The Kier molecular flexibility index (Phi) is 5.57. The predicted molar refractivity (Wildman–Crippen MR) is 101 cm³/mol. The smallest absolute Gasteiger partial charge is 0.220 e. The molecule has 0 fully saturated rings. The molecular formula is C22H22N2O. The van der Waals surface area contributed by atoms with Crippen LogP contribution < -0.4 is 5.32 Å². The largest absolute Gasteiger partial charge is 0.350 e. The zero-order valence-electron chi connectivity index (χ0n) is 14.4. The molecule has 3 rings (SSSR count). The number of nitrogens with one attached hydrogen (secondary N) is 1. The molecule has 0 spiro atoms. The lowest BCUT2D eigenvalue weighted by atomic mass is 10.0. The van der Waals surface area contributed by atoms with Gasteiger partial charge < -0.3 is 5.32 Å². The van der Waals surface area contributed by atoms with Gasteiger partial charge in [0.15, 0.2) is 0 Å². The zero-order chi connectivity index (χ0) is 17.5. The lowest BCUT2D eigenvalue weighted by Crippen LogP contribution is -2.26. The van der Waals surface area contributed by atoms with Crippen LogP contribution in [0.4, 0.5) is 0 Å². The fraction of sp³-hybridized carbons (Fsp3) is 0.182. The average Bonchev–Trinajstić information content (AvgIpc) is 2.68. The monoisotopic (exact) mass is 330 g/mol. The van der Waals surface area contributed by atoms with Crippen LogP contribution in [-0.2, 0) is 11.2 Å². The van der Waals surface area contributed by atoms with Gasteiger partial charge in [-0.15, -0.1) is 0 Å². The van der Waals surface area contributed by atoms with Crippen LogP contribution >= 0.6 is 0 Å². The lowest BCUT2D eigenvalue weighted by Gasteiger charge is -2.15. The summed E-state index contributed by atoms with van der Waals surface area (Å²) in [5, 5.41) is 3.09. The van der Waals surface area contributed by atoms with Crippen molar-refractivity contribution in [2.24, 2.45) is 0 Å². The first-order chi connectivity index (χ1) is 12.2. The van der Waals surface area contributed by atoms with E-state index < -0.39 is 0 Å². The maximum atomic E-state index is 12.2. The quantitative estimate of drug-likeness (QED) is 0.720. The highest BCUT2D eigenvalue weighted by Crippen LogP contribution is 2.22. The van der Waals surface area contributed by atoms with E-state index in [2.05, 4.69) is 22.4 Å². The third-order valence-corrected chi connectivity index (χ3v) is 4.24. The van der Waals surface area contributed by atoms with E-state index in [0.717, 1.165) is 23.1 Å². The number of carbonyl (C=O) groups excluding carboxylic acids is 1. The van der Waals surface area contributed by atoms with Gasteiger partial charge >= 0.3 is 0 Å². The summed E-state index contributed by atoms with van der Waals surface area (Å²) < 4.78 is 0. The Hall–Kier alpha value is -2.94. The molecule has 0 unspecified atom stereocenters. The van der Waals surface area contributed by atoms with Crippen LogP contribution in [0.1, 0.15) is 30.5 Å². The fourth-order valence-corrected chi connectivity index (χ4v) is 2.82. The van der Waals surface area contributed by atoms with Crippen LogP contribution in [-0.4, -0.2) is 10.9 Å². The molecule has 0 saturated heterocycles. The number of hydrogen-bond donors (Lipinski definition) is 1. The molecule has 3 aromatic rings. The van der Waals surface area contributed by atoms with Gasteiger partial charge in [-0.1, -0.05) is 54.6 Å². The highest BCUT2D eigenvalue weighted by molar-refractivity contribution is 5.76. The number of rotatable bonds is 6. The minimum atomic E-state index is -0.0279. The van der Waals surface area contributed by atoms with Crippen molar-refractivity contribution in [3.8, 4) is 11.1 Å². The Morgan fingerprint density at radius 2 is 1.80 bits per heavy atom. The minimum Gasteiger partial charge on any atom is -0.350 e. The van der Waals surface area contributed by atoms with Crippen molar-refractivity contribution in [3.05, 3.63) is 90.3 Å². The third kappa shape index (κ3) is 4.77. The van der Waals surface area contributed by atoms with Gasteiger partial charge in [-0.2, -0.15) is 0 Å². The van der Waals surface area contributed by atoms with Gasteiger partial charge in [0.25, 0.3) is 0 Å². The van der Waals surface area contributed by atoms with Crippen molar-refractivity contribution in [2.45, 2.75) is 25.8 Å². The van der Waals surface area contributed by atoms with Gasteiger partial charge in [-0.05, 0) is 47.7 Å². The molecule has 0 aliphatic heterocycles. The number of nitrogens with zero attached hydrogens (tertiary/aromatic N) is 1. The van der Waals surface area contributed by atoms with E-state index >= 15 is 0 Å². The first-order valence-electron chi connectivity index (χ1n) is 8.56. The van der Waals surface area contributed by atoms with E-state index in [1.54, 1.807) is 6.20 Å². The van der Waals surface area contributed by atoms with Gasteiger partial charge in [0.2, 0.25) is 5.91 Å². The lowest BCUT2D eigenvalue weighted by molar-refractivity contribution is -0.121. The van der Waals surface area contributed by atoms with Crippen molar-refractivity contribution in [2.75, 3.05) is 0 Å². The van der Waals surface area contributed by atoms with Gasteiger partial charge in [-0.25, -0.2) is 0 Å². The zero-order valence-corrected chi connectivity index (χ0v) is 14.4. The SMILES string of the molecule is C[C@H](NC(=O)CCc1ccccc1)c1cccc(-c2cccnc2)c1. The second-order valence-corrected chi connectivity index (χ2v) is 6.14. The summed E-state index contributed by atoms with van der Waals surface area (Å²) in [4.78, 5) is 16.4. The Labute approximate surface area is 148 Å². The van der Waals surface area contributed by atoms with Crippen LogP contribution in [0.3, 0.4) is 0 Å². The Morgan fingerprint density at radius 1 is 1.00 bits per heavy atom. The second kappa shape index (κ2) is 8.25. The number of carbonyl (C=O) groups is 1. The van der Waals surface area contributed by atoms with Crippen molar-refractivity contribution >= 4 is 5.91 Å². The summed E-state index contributed by atoms with van der Waals surface area (Å²) in [6.45, 7) is 2.02. The highest BCUT2D eigenvalue weighted by atomic mass is 16.1. The molecule has 1 atom stereocenters. The minimum absolute atomic E-state index is 0.0279. The highest BCUT2D eigenvalue weighted by Gasteiger charge is 2.10. The van der Waals surface area contributed by atoms with E-state index in [9.17, 15) is 4.79 Å². The van der Waals surface area contributed by atoms with Gasteiger partial charge in [0, 0.05) is 18.8 Å². The molecule has 3 heteroatoms. The Bertz CT molecular complexity index is 816. The average molecular weight is 330 g/mol. The Balaban J connectivity index is 1.61. The number of aromatic nitrogens is 1. The number of aryl methyl sites for hydroxylation is 1. The predicted octanol–water partition coefficient (Wildman–Crippen LogP) is 4.56. The van der Waals surface area contributed by atoms with Crippen LogP contribution in [0.2, 0.25) is 0 Å². The van der Waals surface area contributed by atoms with Gasteiger partial charge in [-0.3, -0.25) is 9.78 Å². The van der Waals surface area contributed by atoms with E-state index in [1.165, 1.54) is 5.56 Å². The van der Waals surface area contributed by atoms with E-state index in [0.29, 0.717) is 6.42 Å². The van der Waals surface area contributed by atoms with E-state index in [4.69, 9.17) is 0 Å². The molecule has 3 nitrogen and oxygen atoms in total. The van der Waals surface area contributed by atoms with Crippen LogP contribution in [0.25, 0.3) is 11.1 Å². The summed E-state index contributed by atoms with van der Waals surface area (Å²) >= 11 is 0. The second-order valence-electron chi connectivity index (χ2n) is 6.14. The molecule has 25 heavy (non-hydrogen) atoms. The maximum absolute atomic E-state index is 12.2. The van der Waals surface area contributed by atoms with E-state index in [-0.39, 0.29) is 11.9 Å². The molecule has 1 N–H and O–H groups in total. The topological polar surface area (TPSA) is 42.0 Å². The summed E-state index contributed by atoms with van der Waals surface area (Å²) in [6, 6.07) is 22.3. The molecule has 0 saturated carbocycles. The molecule has 0 aliphatic rings. The fourth-order valence-electron chi connectivity index (χ4n) is 2.82. The summed E-state index contributed by atoms with van der Waals surface area (Å²) in [6.07, 6.45) is 4.87. The molecule has 1 amide bonds. The normalized spacial score (nSPS) is 11.7. The van der Waals surface area contributed by atoms with Crippen molar-refractivity contribution < 1.29 is 4.79 Å². The molecule has 0 radical (unpaired) electrons. The summed E-state index contributed by atoms with van der Waals surface area (Å²) in [5.41, 5.74) is 4.46. The first-order valence-corrected chi connectivity index (χ1v) is 8.56. The van der Waals surface area contributed by atoms with Gasteiger partial charge in [0.1, 0.15) is 0 Å². The van der Waals surface area contributed by atoms with Crippen molar-refractivity contribution in [1.82, 2.24) is 10.3 Å². The molecule has 0 aliphatic carbocycles. The van der Waals surface area contributed by atoms with Crippen LogP contribution in [0.5, 0.6) is 0 Å². The number of pyridine rings is 1. The molecule has 1 heterocycles. The van der Waals surface area contributed by atoms with Gasteiger partial charge in [0.05, 0.1) is 6.04 Å². The summed E-state index contributed by atoms with van der Waals surface area (Å²) in [5.74, 6) is 0.0723. The molecule has 126 valence electrons. The van der Waals surface area contributed by atoms with E-state index in [1.807, 2.05) is 67.7 Å². The molecule has 2 aromatic carbocycles. The first kappa shape index (κ1) is 16.9. The molecular weight excluding hydrogens is 308 g/mol. The molecule has 0 bridgehead atoms. The number of hydrogen-bond acceptors (Lipinski definition) is 2. The van der Waals surface area contributed by atoms with Crippen molar-refractivity contribution in [3.63, 3.8) is 0 Å². The van der Waals surface area contributed by atoms with Crippen LogP contribution in [0, 0.1) is 0 Å². The third-order valence-electron chi connectivity index (χ3n) is 4.24.